The maximum absolute atomic E-state index is 12.1. The smallest absolute Gasteiger partial charge is 0.238 e. The lowest BCUT2D eigenvalue weighted by Crippen LogP contribution is -2.32. The summed E-state index contributed by atoms with van der Waals surface area (Å²) in [5.74, 6) is 0.0559. The average molecular weight is 273 g/mol. The number of anilines is 1. The molecule has 7 heteroatoms. The van der Waals surface area contributed by atoms with Gasteiger partial charge in [-0.05, 0) is 12.1 Å². The Balaban J connectivity index is 2.03. The van der Waals surface area contributed by atoms with E-state index in [0.29, 0.717) is 10.8 Å². The molecule has 1 aromatic carbocycles. The molecule has 0 saturated heterocycles. The zero-order valence-electron chi connectivity index (χ0n) is 9.98. The predicted molar refractivity (Wildman–Crippen MR) is 71.5 cm³/mol. The monoisotopic (exact) mass is 273 g/mol. The third-order valence-electron chi connectivity index (χ3n) is 2.32. The molecule has 6 nitrogen and oxygen atoms in total. The van der Waals surface area contributed by atoms with E-state index >= 15 is 0 Å². The maximum Gasteiger partial charge on any atom is 0.238 e. The summed E-state index contributed by atoms with van der Waals surface area (Å²) < 4.78 is 0. The highest BCUT2D eigenvalue weighted by molar-refractivity contribution is 7.99. The number of nitriles is 1. The van der Waals surface area contributed by atoms with E-state index in [9.17, 15) is 4.79 Å². The number of aromatic nitrogens is 3. The highest BCUT2D eigenvalue weighted by atomic mass is 32.2. The number of amides is 1. The van der Waals surface area contributed by atoms with Gasteiger partial charge in [-0.2, -0.15) is 10.4 Å². The molecule has 19 heavy (non-hydrogen) atoms. The molecule has 1 aromatic heterocycles. The highest BCUT2D eigenvalue weighted by Crippen LogP contribution is 2.17. The van der Waals surface area contributed by atoms with Crippen molar-refractivity contribution in [2.45, 2.75) is 5.16 Å². The summed E-state index contributed by atoms with van der Waals surface area (Å²) in [5, 5.41) is 15.8. The summed E-state index contributed by atoms with van der Waals surface area (Å²) in [6.07, 6.45) is 1.39. The largest absolute Gasteiger partial charge is 0.298 e. The molecule has 0 atom stereocenters. The Labute approximate surface area is 114 Å². The number of rotatable bonds is 5. The van der Waals surface area contributed by atoms with Crippen molar-refractivity contribution in [1.82, 2.24) is 15.2 Å². The Hall–Kier alpha value is -2.33. The summed E-state index contributed by atoms with van der Waals surface area (Å²) in [6.45, 7) is 0.0276. The van der Waals surface area contributed by atoms with E-state index in [4.69, 9.17) is 5.26 Å². The Morgan fingerprint density at radius 2 is 2.21 bits per heavy atom. The lowest BCUT2D eigenvalue weighted by atomic mass is 10.3. The quantitative estimate of drug-likeness (QED) is 0.658. The third-order valence-corrected chi connectivity index (χ3v) is 3.18. The first kappa shape index (κ1) is 13.1. The molecule has 0 saturated carbocycles. The SMILES string of the molecule is N#CCN(C(=O)CSc1ncn[nH]1)c1ccccc1. The number of para-hydroxylation sites is 1. The van der Waals surface area contributed by atoms with E-state index in [1.165, 1.54) is 23.0 Å². The van der Waals surface area contributed by atoms with Crippen LogP contribution in [0, 0.1) is 11.3 Å². The minimum absolute atomic E-state index is 0.0276. The normalized spacial score (nSPS) is 9.84. The van der Waals surface area contributed by atoms with Crippen molar-refractivity contribution in [2.75, 3.05) is 17.2 Å². The van der Waals surface area contributed by atoms with Crippen LogP contribution in [0.1, 0.15) is 0 Å². The summed E-state index contributed by atoms with van der Waals surface area (Å²) in [5.41, 5.74) is 0.715. The first-order valence-corrected chi connectivity index (χ1v) is 6.50. The molecule has 1 amide bonds. The number of benzene rings is 1. The Morgan fingerprint density at radius 1 is 1.42 bits per heavy atom. The van der Waals surface area contributed by atoms with Gasteiger partial charge in [0.2, 0.25) is 5.91 Å². The minimum Gasteiger partial charge on any atom is -0.298 e. The fourth-order valence-corrected chi connectivity index (χ4v) is 2.13. The van der Waals surface area contributed by atoms with Crippen molar-refractivity contribution >= 4 is 23.4 Å². The van der Waals surface area contributed by atoms with E-state index in [-0.39, 0.29) is 18.2 Å². The van der Waals surface area contributed by atoms with Crippen molar-refractivity contribution in [2.24, 2.45) is 0 Å². The molecule has 0 unspecified atom stereocenters. The fraction of sp³-hybridized carbons (Fsp3) is 0.167. The molecule has 0 aliphatic carbocycles. The van der Waals surface area contributed by atoms with Gasteiger partial charge in [0.1, 0.15) is 12.9 Å². The molecule has 1 N–H and O–H groups in total. The van der Waals surface area contributed by atoms with Crippen molar-refractivity contribution in [3.8, 4) is 6.07 Å². The van der Waals surface area contributed by atoms with Gasteiger partial charge >= 0.3 is 0 Å². The molecular weight excluding hydrogens is 262 g/mol. The van der Waals surface area contributed by atoms with Crippen molar-refractivity contribution in [3.63, 3.8) is 0 Å². The van der Waals surface area contributed by atoms with Gasteiger partial charge in [0, 0.05) is 5.69 Å². The summed E-state index contributed by atoms with van der Waals surface area (Å²) >= 11 is 1.25. The van der Waals surface area contributed by atoms with E-state index in [0.717, 1.165) is 0 Å². The molecule has 2 aromatic rings. The number of carbonyl (C=O) groups excluding carboxylic acids is 1. The van der Waals surface area contributed by atoms with Gasteiger partial charge < -0.3 is 0 Å². The zero-order valence-corrected chi connectivity index (χ0v) is 10.8. The van der Waals surface area contributed by atoms with Crippen LogP contribution in [0.5, 0.6) is 0 Å². The second-order valence-corrected chi connectivity index (χ2v) is 4.52. The van der Waals surface area contributed by atoms with Gasteiger partial charge in [-0.3, -0.25) is 14.8 Å². The van der Waals surface area contributed by atoms with Crippen molar-refractivity contribution in [3.05, 3.63) is 36.7 Å². The van der Waals surface area contributed by atoms with E-state index in [1.54, 1.807) is 12.1 Å². The minimum atomic E-state index is -0.144. The second-order valence-electron chi connectivity index (χ2n) is 3.55. The molecule has 0 radical (unpaired) electrons. The van der Waals surface area contributed by atoms with E-state index in [2.05, 4.69) is 15.2 Å². The standard InChI is InChI=1S/C12H11N5OS/c13-6-7-17(10-4-2-1-3-5-10)11(18)8-19-12-14-9-15-16-12/h1-5,9H,7-8H2,(H,14,15,16). The van der Waals surface area contributed by atoms with Crippen LogP contribution in [-0.4, -0.2) is 33.4 Å². The van der Waals surface area contributed by atoms with Gasteiger partial charge in [0.25, 0.3) is 0 Å². The van der Waals surface area contributed by atoms with Gasteiger partial charge in [0.15, 0.2) is 5.16 Å². The lowest BCUT2D eigenvalue weighted by Gasteiger charge is -2.19. The van der Waals surface area contributed by atoms with Crippen LogP contribution >= 0.6 is 11.8 Å². The lowest BCUT2D eigenvalue weighted by molar-refractivity contribution is -0.116. The van der Waals surface area contributed by atoms with E-state index < -0.39 is 0 Å². The zero-order chi connectivity index (χ0) is 13.5. The Kier molecular flexibility index (Phi) is 4.53. The van der Waals surface area contributed by atoms with Crippen LogP contribution in [0.15, 0.2) is 41.8 Å². The molecule has 2 rings (SSSR count). The number of carbonyl (C=O) groups is 1. The summed E-state index contributed by atoms with van der Waals surface area (Å²) in [7, 11) is 0. The van der Waals surface area contributed by atoms with E-state index in [1.807, 2.05) is 24.3 Å². The number of thioether (sulfide) groups is 1. The predicted octanol–water partition coefficient (Wildman–Crippen LogP) is 1.45. The average Bonchev–Trinajstić information content (AvgIpc) is 2.96. The number of nitrogens with one attached hydrogen (secondary N) is 1. The van der Waals surface area contributed by atoms with Crippen LogP contribution in [-0.2, 0) is 4.79 Å². The molecule has 0 fully saturated rings. The second kappa shape index (κ2) is 6.56. The number of hydrogen-bond donors (Lipinski definition) is 1. The first-order chi connectivity index (χ1) is 9.31. The molecule has 0 aliphatic heterocycles. The van der Waals surface area contributed by atoms with Gasteiger partial charge in [0.05, 0.1) is 11.8 Å². The Bertz CT molecular complexity index is 564. The number of nitrogens with zero attached hydrogens (tertiary/aromatic N) is 4. The Morgan fingerprint density at radius 3 is 2.84 bits per heavy atom. The van der Waals surface area contributed by atoms with Crippen LogP contribution in [0.2, 0.25) is 0 Å². The van der Waals surface area contributed by atoms with Crippen LogP contribution in [0.3, 0.4) is 0 Å². The van der Waals surface area contributed by atoms with Crippen LogP contribution in [0.25, 0.3) is 0 Å². The summed E-state index contributed by atoms with van der Waals surface area (Å²) in [4.78, 5) is 17.5. The van der Waals surface area contributed by atoms with Gasteiger partial charge in [-0.25, -0.2) is 4.98 Å². The molecule has 0 spiro atoms. The number of aromatic amines is 1. The molecule has 1 heterocycles. The van der Waals surface area contributed by atoms with Gasteiger partial charge in [-0.15, -0.1) is 0 Å². The summed E-state index contributed by atoms with van der Waals surface area (Å²) in [6, 6.07) is 11.1. The topological polar surface area (TPSA) is 85.7 Å². The maximum atomic E-state index is 12.1. The first-order valence-electron chi connectivity index (χ1n) is 5.52. The third kappa shape index (κ3) is 3.56. The molecule has 0 aliphatic rings. The van der Waals surface area contributed by atoms with Gasteiger partial charge in [-0.1, -0.05) is 30.0 Å². The molecule has 0 bridgehead atoms. The van der Waals surface area contributed by atoms with Crippen molar-refractivity contribution in [1.29, 1.82) is 5.26 Å². The number of H-pyrrole nitrogens is 1. The molecular formula is C12H11N5OS. The fourth-order valence-electron chi connectivity index (χ4n) is 1.47. The van der Waals surface area contributed by atoms with Crippen LogP contribution < -0.4 is 4.90 Å². The molecule has 96 valence electrons. The van der Waals surface area contributed by atoms with Crippen LogP contribution in [0.4, 0.5) is 5.69 Å². The van der Waals surface area contributed by atoms with Crippen molar-refractivity contribution < 1.29 is 4.79 Å². The number of hydrogen-bond acceptors (Lipinski definition) is 5. The highest BCUT2D eigenvalue weighted by Gasteiger charge is 2.15.